The average molecular weight is 286 g/mol. The predicted octanol–water partition coefficient (Wildman–Crippen LogP) is 3.50. The minimum Gasteiger partial charge on any atom is -0.322 e. The van der Waals surface area contributed by atoms with E-state index in [4.69, 9.17) is 0 Å². The fourth-order valence-corrected chi connectivity index (χ4v) is 2.02. The first-order chi connectivity index (χ1) is 10.1. The van der Waals surface area contributed by atoms with Crippen LogP contribution in [0.25, 0.3) is 0 Å². The second-order valence-electron chi connectivity index (χ2n) is 4.90. The van der Waals surface area contributed by atoms with E-state index in [-0.39, 0.29) is 11.7 Å². The lowest BCUT2D eigenvalue weighted by Gasteiger charge is -2.08. The van der Waals surface area contributed by atoms with Crippen LogP contribution in [-0.4, -0.2) is 12.5 Å². The molecule has 4 heteroatoms. The SMILES string of the molecule is CCNCc1cccc(NC(=O)c2ccc(F)c(C)c2)c1. The molecule has 0 fully saturated rings. The zero-order chi connectivity index (χ0) is 15.2. The highest BCUT2D eigenvalue weighted by Crippen LogP contribution is 2.14. The van der Waals surface area contributed by atoms with E-state index in [1.165, 1.54) is 12.1 Å². The molecule has 0 aliphatic heterocycles. The van der Waals surface area contributed by atoms with Gasteiger partial charge in [0.25, 0.3) is 5.91 Å². The van der Waals surface area contributed by atoms with Crippen LogP contribution in [0.2, 0.25) is 0 Å². The number of hydrogen-bond acceptors (Lipinski definition) is 2. The summed E-state index contributed by atoms with van der Waals surface area (Å²) in [7, 11) is 0. The van der Waals surface area contributed by atoms with Crippen molar-refractivity contribution in [2.45, 2.75) is 20.4 Å². The zero-order valence-corrected chi connectivity index (χ0v) is 12.2. The third-order valence-corrected chi connectivity index (χ3v) is 3.18. The van der Waals surface area contributed by atoms with Crippen molar-refractivity contribution in [3.05, 3.63) is 65.0 Å². The highest BCUT2D eigenvalue weighted by Gasteiger charge is 2.08. The third-order valence-electron chi connectivity index (χ3n) is 3.18. The maximum atomic E-state index is 13.2. The van der Waals surface area contributed by atoms with Crippen LogP contribution < -0.4 is 10.6 Å². The third kappa shape index (κ3) is 4.13. The number of halogens is 1. The van der Waals surface area contributed by atoms with Gasteiger partial charge in [0.1, 0.15) is 5.82 Å². The van der Waals surface area contributed by atoms with E-state index in [0.717, 1.165) is 24.3 Å². The van der Waals surface area contributed by atoms with Crippen molar-refractivity contribution in [2.75, 3.05) is 11.9 Å². The van der Waals surface area contributed by atoms with E-state index < -0.39 is 0 Å². The predicted molar refractivity (Wildman–Crippen MR) is 82.9 cm³/mol. The molecule has 2 aromatic rings. The van der Waals surface area contributed by atoms with E-state index >= 15 is 0 Å². The Morgan fingerprint density at radius 3 is 2.71 bits per heavy atom. The fourth-order valence-electron chi connectivity index (χ4n) is 2.02. The Morgan fingerprint density at radius 1 is 1.19 bits per heavy atom. The normalized spacial score (nSPS) is 10.4. The molecular weight excluding hydrogens is 267 g/mol. The Bertz CT molecular complexity index is 640. The molecule has 0 radical (unpaired) electrons. The van der Waals surface area contributed by atoms with Crippen LogP contribution in [0.3, 0.4) is 0 Å². The van der Waals surface area contributed by atoms with Gasteiger partial charge in [-0.2, -0.15) is 0 Å². The average Bonchev–Trinajstić information content (AvgIpc) is 2.48. The van der Waals surface area contributed by atoms with Crippen LogP contribution in [0, 0.1) is 12.7 Å². The van der Waals surface area contributed by atoms with Gasteiger partial charge in [-0.3, -0.25) is 4.79 Å². The van der Waals surface area contributed by atoms with Gasteiger partial charge in [-0.25, -0.2) is 4.39 Å². The summed E-state index contributed by atoms with van der Waals surface area (Å²) in [5, 5.41) is 6.07. The van der Waals surface area contributed by atoms with Gasteiger partial charge in [0.2, 0.25) is 0 Å². The molecule has 2 aromatic carbocycles. The van der Waals surface area contributed by atoms with Crippen LogP contribution in [0.4, 0.5) is 10.1 Å². The number of hydrogen-bond donors (Lipinski definition) is 2. The van der Waals surface area contributed by atoms with Crippen LogP contribution in [0.5, 0.6) is 0 Å². The Morgan fingerprint density at radius 2 is 2.00 bits per heavy atom. The molecule has 0 atom stereocenters. The molecule has 0 unspecified atom stereocenters. The number of benzene rings is 2. The number of carbonyl (C=O) groups excluding carboxylic acids is 1. The number of nitrogens with one attached hydrogen (secondary N) is 2. The maximum Gasteiger partial charge on any atom is 0.255 e. The Balaban J connectivity index is 2.10. The summed E-state index contributed by atoms with van der Waals surface area (Å²) in [6, 6.07) is 12.0. The highest BCUT2D eigenvalue weighted by molar-refractivity contribution is 6.04. The number of anilines is 1. The number of amides is 1. The van der Waals surface area contributed by atoms with E-state index in [0.29, 0.717) is 11.1 Å². The van der Waals surface area contributed by atoms with Gasteiger partial charge in [0.05, 0.1) is 0 Å². The van der Waals surface area contributed by atoms with Crippen molar-refractivity contribution in [1.82, 2.24) is 5.32 Å². The molecule has 0 aliphatic carbocycles. The molecule has 0 saturated heterocycles. The molecule has 2 N–H and O–H groups in total. The highest BCUT2D eigenvalue weighted by atomic mass is 19.1. The fraction of sp³-hybridized carbons (Fsp3) is 0.235. The Labute approximate surface area is 124 Å². The van der Waals surface area contributed by atoms with Gasteiger partial charge in [0, 0.05) is 17.8 Å². The molecule has 0 aliphatic rings. The topological polar surface area (TPSA) is 41.1 Å². The van der Waals surface area contributed by atoms with Gasteiger partial charge >= 0.3 is 0 Å². The molecule has 3 nitrogen and oxygen atoms in total. The summed E-state index contributed by atoms with van der Waals surface area (Å²) in [6.45, 7) is 5.34. The summed E-state index contributed by atoms with van der Waals surface area (Å²) in [5.41, 5.74) is 2.75. The first-order valence-electron chi connectivity index (χ1n) is 6.97. The van der Waals surface area contributed by atoms with Crippen LogP contribution in [-0.2, 0) is 6.54 Å². The van der Waals surface area contributed by atoms with Gasteiger partial charge in [-0.1, -0.05) is 19.1 Å². The van der Waals surface area contributed by atoms with Crippen molar-refractivity contribution in [2.24, 2.45) is 0 Å². The lowest BCUT2D eigenvalue weighted by atomic mass is 10.1. The van der Waals surface area contributed by atoms with Gasteiger partial charge in [-0.05, 0) is 54.9 Å². The smallest absolute Gasteiger partial charge is 0.255 e. The molecule has 21 heavy (non-hydrogen) atoms. The number of aryl methyl sites for hydroxylation is 1. The summed E-state index contributed by atoms with van der Waals surface area (Å²) in [6.07, 6.45) is 0. The molecule has 0 heterocycles. The molecule has 0 aromatic heterocycles. The van der Waals surface area contributed by atoms with Gasteiger partial charge in [0.15, 0.2) is 0 Å². The minimum atomic E-state index is -0.306. The lowest BCUT2D eigenvalue weighted by molar-refractivity contribution is 0.102. The van der Waals surface area contributed by atoms with Crippen LogP contribution in [0.15, 0.2) is 42.5 Å². The standard InChI is InChI=1S/C17H19FN2O/c1-3-19-11-13-5-4-6-15(10-13)20-17(21)14-7-8-16(18)12(2)9-14/h4-10,19H,3,11H2,1-2H3,(H,20,21). The first-order valence-corrected chi connectivity index (χ1v) is 6.97. The van der Waals surface area contributed by atoms with Crippen molar-refractivity contribution in [1.29, 1.82) is 0 Å². The van der Waals surface area contributed by atoms with Gasteiger partial charge < -0.3 is 10.6 Å². The molecule has 0 saturated carbocycles. The molecule has 1 amide bonds. The Kier molecular flexibility index (Phi) is 5.06. The van der Waals surface area contributed by atoms with Crippen molar-refractivity contribution in [3.63, 3.8) is 0 Å². The van der Waals surface area contributed by atoms with Crippen molar-refractivity contribution < 1.29 is 9.18 Å². The largest absolute Gasteiger partial charge is 0.322 e. The molecule has 110 valence electrons. The summed E-state index contributed by atoms with van der Waals surface area (Å²) in [5.74, 6) is -0.544. The van der Waals surface area contributed by atoms with Crippen LogP contribution >= 0.6 is 0 Å². The van der Waals surface area contributed by atoms with Crippen LogP contribution in [0.1, 0.15) is 28.4 Å². The van der Waals surface area contributed by atoms with Crippen molar-refractivity contribution in [3.8, 4) is 0 Å². The van der Waals surface area contributed by atoms with Gasteiger partial charge in [-0.15, -0.1) is 0 Å². The second-order valence-corrected chi connectivity index (χ2v) is 4.90. The number of rotatable bonds is 5. The Hall–Kier alpha value is -2.20. The molecule has 0 spiro atoms. The lowest BCUT2D eigenvalue weighted by Crippen LogP contribution is -2.14. The molecular formula is C17H19FN2O. The zero-order valence-electron chi connectivity index (χ0n) is 12.2. The first kappa shape index (κ1) is 15.2. The van der Waals surface area contributed by atoms with E-state index in [1.807, 2.05) is 31.2 Å². The van der Waals surface area contributed by atoms with E-state index in [1.54, 1.807) is 13.0 Å². The van der Waals surface area contributed by atoms with Crippen molar-refractivity contribution >= 4 is 11.6 Å². The van der Waals surface area contributed by atoms with E-state index in [9.17, 15) is 9.18 Å². The quantitative estimate of drug-likeness (QED) is 0.883. The summed E-state index contributed by atoms with van der Waals surface area (Å²) < 4.78 is 13.2. The van der Waals surface area contributed by atoms with E-state index in [2.05, 4.69) is 10.6 Å². The number of carbonyl (C=O) groups is 1. The molecule has 2 rings (SSSR count). The maximum absolute atomic E-state index is 13.2. The minimum absolute atomic E-state index is 0.237. The second kappa shape index (κ2) is 6.99. The molecule has 0 bridgehead atoms. The monoisotopic (exact) mass is 286 g/mol. The summed E-state index contributed by atoms with van der Waals surface area (Å²) >= 11 is 0. The summed E-state index contributed by atoms with van der Waals surface area (Å²) in [4.78, 5) is 12.2.